The van der Waals surface area contributed by atoms with Gasteiger partial charge in [0.1, 0.15) is 6.61 Å². The second-order valence-electron chi connectivity index (χ2n) is 9.24. The minimum absolute atomic E-state index is 0.0433. The molecule has 8 nitrogen and oxygen atoms in total. The van der Waals surface area contributed by atoms with E-state index >= 15 is 0 Å². The lowest BCUT2D eigenvalue weighted by molar-refractivity contribution is 0.0682. The van der Waals surface area contributed by atoms with E-state index in [9.17, 15) is 24.6 Å². The Hall–Kier alpha value is -4.95. The molecule has 0 fully saturated rings. The summed E-state index contributed by atoms with van der Waals surface area (Å²) in [5.41, 5.74) is 8.88. The van der Waals surface area contributed by atoms with Crippen LogP contribution in [0.25, 0.3) is 0 Å². The number of aromatic carboxylic acids is 2. The van der Waals surface area contributed by atoms with E-state index in [0.29, 0.717) is 17.7 Å². The van der Waals surface area contributed by atoms with E-state index in [1.165, 1.54) is 6.07 Å². The summed E-state index contributed by atoms with van der Waals surface area (Å²) in [4.78, 5) is 41.1. The molecule has 1 amide bonds. The number of benzene rings is 4. The third-order valence-corrected chi connectivity index (χ3v) is 6.13. The van der Waals surface area contributed by atoms with Crippen molar-refractivity contribution in [3.05, 3.63) is 129 Å². The first-order chi connectivity index (χ1) is 18.7. The van der Waals surface area contributed by atoms with Gasteiger partial charge in [0, 0.05) is 5.69 Å². The van der Waals surface area contributed by atoms with Crippen molar-refractivity contribution >= 4 is 29.2 Å². The van der Waals surface area contributed by atoms with Crippen LogP contribution in [-0.4, -0.2) is 28.1 Å². The molecule has 39 heavy (non-hydrogen) atoms. The van der Waals surface area contributed by atoms with Crippen molar-refractivity contribution in [3.63, 3.8) is 0 Å². The molecule has 0 radical (unpaired) electrons. The number of rotatable bonds is 10. The summed E-state index contributed by atoms with van der Waals surface area (Å²) in [6.07, 6.45) is 0.668. The number of hydrogen-bond acceptors (Lipinski definition) is 5. The summed E-state index contributed by atoms with van der Waals surface area (Å²) in [5.74, 6) is -2.62. The topological polar surface area (TPSA) is 125 Å². The van der Waals surface area contributed by atoms with Gasteiger partial charge in [-0.2, -0.15) is 0 Å². The quantitative estimate of drug-likeness (QED) is 0.185. The third-order valence-electron chi connectivity index (χ3n) is 6.13. The zero-order chi connectivity index (χ0) is 27.9. The van der Waals surface area contributed by atoms with E-state index in [1.807, 2.05) is 43.3 Å². The maximum atomic E-state index is 12.7. The summed E-state index contributed by atoms with van der Waals surface area (Å²) in [5, 5.41) is 21.5. The van der Waals surface area contributed by atoms with E-state index in [2.05, 4.69) is 10.8 Å². The van der Waals surface area contributed by atoms with Crippen LogP contribution < -0.4 is 10.8 Å². The Labute approximate surface area is 225 Å². The van der Waals surface area contributed by atoms with Crippen molar-refractivity contribution in [2.75, 3.05) is 10.8 Å². The van der Waals surface area contributed by atoms with Crippen LogP contribution in [0.1, 0.15) is 58.9 Å². The normalized spacial score (nSPS) is 10.6. The summed E-state index contributed by atoms with van der Waals surface area (Å²) in [6, 6.07) is 24.8. The lowest BCUT2D eigenvalue weighted by atomic mass is 10.0. The first-order valence-corrected chi connectivity index (χ1v) is 12.2. The molecule has 198 valence electrons. The number of amides is 1. The van der Waals surface area contributed by atoms with Gasteiger partial charge in [0.25, 0.3) is 5.91 Å². The van der Waals surface area contributed by atoms with Crippen molar-refractivity contribution in [1.29, 1.82) is 0 Å². The second-order valence-corrected chi connectivity index (χ2v) is 9.24. The Bertz CT molecular complexity index is 1510. The van der Waals surface area contributed by atoms with Crippen molar-refractivity contribution in [1.82, 2.24) is 0 Å². The van der Waals surface area contributed by atoms with Crippen LogP contribution >= 0.6 is 0 Å². The number of carbonyl (C=O) groups is 3. The largest absolute Gasteiger partial charge is 0.478 e. The molecule has 4 aromatic carbocycles. The molecule has 0 spiro atoms. The number of carboxylic acids is 2. The molecule has 4 rings (SSSR count). The second kappa shape index (κ2) is 12.1. The van der Waals surface area contributed by atoms with E-state index < -0.39 is 17.8 Å². The zero-order valence-electron chi connectivity index (χ0n) is 21.5. The molecule has 0 heterocycles. The number of carbonyl (C=O) groups excluding carboxylic acids is 1. The monoisotopic (exact) mass is 524 g/mol. The van der Waals surface area contributed by atoms with Gasteiger partial charge < -0.3 is 15.5 Å². The molecule has 0 aliphatic heterocycles. The van der Waals surface area contributed by atoms with Crippen LogP contribution in [-0.2, 0) is 17.9 Å². The van der Waals surface area contributed by atoms with Gasteiger partial charge in [-0.3, -0.25) is 15.1 Å². The lowest BCUT2D eigenvalue weighted by Gasteiger charge is -2.11. The molecule has 0 aromatic heterocycles. The first kappa shape index (κ1) is 27.1. The molecule has 0 bridgehead atoms. The average molecular weight is 525 g/mol. The molecule has 0 saturated heterocycles. The Morgan fingerprint density at radius 2 is 1.21 bits per heavy atom. The van der Waals surface area contributed by atoms with Gasteiger partial charge in [-0.1, -0.05) is 53.6 Å². The fourth-order valence-corrected chi connectivity index (χ4v) is 4.11. The SMILES string of the molecule is Cc1ccc(C(=O)O)c(CONc2ccc(Cc3ccc(NC(=O)c4cc(C)ccc4C(=O)O)cc3)cc2)c1. The predicted molar refractivity (Wildman–Crippen MR) is 148 cm³/mol. The van der Waals surface area contributed by atoms with Crippen molar-refractivity contribution in [2.45, 2.75) is 26.9 Å². The van der Waals surface area contributed by atoms with Crippen molar-refractivity contribution < 1.29 is 29.4 Å². The first-order valence-electron chi connectivity index (χ1n) is 12.2. The summed E-state index contributed by atoms with van der Waals surface area (Å²) in [6.45, 7) is 3.80. The number of anilines is 2. The molecule has 0 unspecified atom stereocenters. The van der Waals surface area contributed by atoms with Gasteiger partial charge in [0.2, 0.25) is 0 Å². The maximum absolute atomic E-state index is 12.7. The van der Waals surface area contributed by atoms with E-state index in [4.69, 9.17) is 4.84 Å². The van der Waals surface area contributed by atoms with Gasteiger partial charge in [0.05, 0.1) is 22.4 Å². The zero-order valence-corrected chi connectivity index (χ0v) is 21.5. The molecule has 0 aliphatic carbocycles. The average Bonchev–Trinajstić information content (AvgIpc) is 2.90. The van der Waals surface area contributed by atoms with E-state index in [-0.39, 0.29) is 23.3 Å². The third kappa shape index (κ3) is 7.09. The smallest absolute Gasteiger partial charge is 0.336 e. The Balaban J connectivity index is 1.32. The molecule has 8 heteroatoms. The number of hydrogen-bond donors (Lipinski definition) is 4. The van der Waals surface area contributed by atoms with Gasteiger partial charge in [-0.15, -0.1) is 0 Å². The molecular weight excluding hydrogens is 496 g/mol. The minimum atomic E-state index is -1.15. The molecule has 0 aliphatic rings. The highest BCUT2D eigenvalue weighted by molar-refractivity contribution is 6.10. The number of aryl methyl sites for hydroxylation is 2. The van der Waals surface area contributed by atoms with E-state index in [1.54, 1.807) is 49.4 Å². The highest BCUT2D eigenvalue weighted by Crippen LogP contribution is 2.19. The number of carboxylic acid groups (broad SMARTS) is 2. The predicted octanol–water partition coefficient (Wildman–Crippen LogP) is 6.09. The molecule has 4 N–H and O–H groups in total. The Morgan fingerprint density at radius 3 is 1.79 bits per heavy atom. The molecule has 0 atom stereocenters. The standard InChI is InChI=1S/C31H28N2O6/c1-19-3-13-26(30(35)36)23(15-19)18-39-33-25-11-7-22(8-12-25)17-21-5-9-24(10-6-21)32-29(34)28-16-20(2)4-14-27(28)31(37)38/h3-16,33H,17-18H2,1-2H3,(H,32,34)(H,35,36)(H,37,38). The molecular formula is C31H28N2O6. The highest BCUT2D eigenvalue weighted by atomic mass is 16.6. The van der Waals surface area contributed by atoms with Gasteiger partial charge in [0.15, 0.2) is 0 Å². The maximum Gasteiger partial charge on any atom is 0.336 e. The van der Waals surface area contributed by atoms with Gasteiger partial charge >= 0.3 is 11.9 Å². The van der Waals surface area contributed by atoms with Gasteiger partial charge in [-0.05, 0) is 79.4 Å². The van der Waals surface area contributed by atoms with Crippen LogP contribution in [0, 0.1) is 13.8 Å². The number of nitrogens with one attached hydrogen (secondary N) is 2. The highest BCUT2D eigenvalue weighted by Gasteiger charge is 2.17. The van der Waals surface area contributed by atoms with Crippen LogP contribution in [0.3, 0.4) is 0 Å². The van der Waals surface area contributed by atoms with Crippen LogP contribution in [0.15, 0.2) is 84.9 Å². The Morgan fingerprint density at radius 1 is 0.667 bits per heavy atom. The van der Waals surface area contributed by atoms with Crippen LogP contribution in [0.4, 0.5) is 11.4 Å². The molecule has 0 saturated carbocycles. The van der Waals surface area contributed by atoms with Crippen LogP contribution in [0.2, 0.25) is 0 Å². The van der Waals surface area contributed by atoms with Crippen molar-refractivity contribution in [2.24, 2.45) is 0 Å². The lowest BCUT2D eigenvalue weighted by Crippen LogP contribution is -2.16. The van der Waals surface area contributed by atoms with E-state index in [0.717, 1.165) is 27.9 Å². The fourth-order valence-electron chi connectivity index (χ4n) is 4.11. The summed E-state index contributed by atoms with van der Waals surface area (Å²) >= 11 is 0. The fraction of sp³-hybridized carbons (Fsp3) is 0.129. The minimum Gasteiger partial charge on any atom is -0.478 e. The summed E-state index contributed by atoms with van der Waals surface area (Å²) in [7, 11) is 0. The summed E-state index contributed by atoms with van der Waals surface area (Å²) < 4.78 is 0. The Kier molecular flexibility index (Phi) is 8.38. The van der Waals surface area contributed by atoms with Crippen LogP contribution in [0.5, 0.6) is 0 Å². The van der Waals surface area contributed by atoms with Crippen molar-refractivity contribution in [3.8, 4) is 0 Å². The molecule has 4 aromatic rings. The van der Waals surface area contributed by atoms with Gasteiger partial charge in [-0.25, -0.2) is 9.59 Å².